The number of cyclic esters (lactones) is 1. The molecule has 2 aromatic rings. The monoisotopic (exact) mass is 343 g/mol. The first-order chi connectivity index (χ1) is 11.3. The number of anilines is 1. The van der Waals surface area contributed by atoms with E-state index in [0.29, 0.717) is 11.3 Å². The number of amides is 1. The lowest BCUT2D eigenvalue weighted by atomic mass is 9.91. The average Bonchev–Trinajstić information content (AvgIpc) is 2.76. The molecule has 0 bridgehead atoms. The predicted octanol–water partition coefficient (Wildman–Crippen LogP) is 4.85. The van der Waals surface area contributed by atoms with Crippen molar-refractivity contribution in [3.63, 3.8) is 0 Å². The number of halogens is 1. The largest absolute Gasteiger partial charge is 0.441 e. The van der Waals surface area contributed by atoms with Crippen molar-refractivity contribution in [3.8, 4) is 0 Å². The van der Waals surface area contributed by atoms with Crippen molar-refractivity contribution in [1.29, 1.82) is 0 Å². The summed E-state index contributed by atoms with van der Waals surface area (Å²) in [5.41, 5.74) is 2.15. The molecule has 0 N–H and O–H groups in total. The van der Waals surface area contributed by atoms with Crippen LogP contribution < -0.4 is 4.90 Å². The van der Waals surface area contributed by atoms with E-state index in [2.05, 4.69) is 0 Å². The summed E-state index contributed by atoms with van der Waals surface area (Å²) in [5, 5.41) is -0.511. The van der Waals surface area contributed by atoms with Gasteiger partial charge < -0.3 is 4.74 Å². The molecular weight excluding hydrogens is 326 g/mol. The quantitative estimate of drug-likeness (QED) is 0.748. The van der Waals surface area contributed by atoms with Gasteiger partial charge in [-0.25, -0.2) is 4.79 Å². The second-order valence-electron chi connectivity index (χ2n) is 6.43. The number of rotatable bonds is 3. The molecule has 1 heterocycles. The summed E-state index contributed by atoms with van der Waals surface area (Å²) >= 11 is 5.57. The lowest BCUT2D eigenvalue weighted by molar-refractivity contribution is 0.0685. The molecule has 5 heteroatoms. The third-order valence-electron chi connectivity index (χ3n) is 4.28. The highest BCUT2D eigenvalue weighted by Crippen LogP contribution is 2.43. The van der Waals surface area contributed by atoms with Crippen LogP contribution in [0, 0.1) is 6.92 Å². The number of carbonyl (C=O) groups is 2. The first kappa shape index (κ1) is 16.5. The van der Waals surface area contributed by atoms with Crippen LogP contribution in [0.15, 0.2) is 48.5 Å². The van der Waals surface area contributed by atoms with Crippen LogP contribution in [0.1, 0.15) is 41.4 Å². The highest BCUT2D eigenvalue weighted by atomic mass is 35.5. The summed E-state index contributed by atoms with van der Waals surface area (Å²) in [4.78, 5) is 25.6. The van der Waals surface area contributed by atoms with E-state index in [-0.39, 0.29) is 6.04 Å². The maximum absolute atomic E-state index is 12.5. The smallest absolute Gasteiger partial charge is 0.415 e. The highest BCUT2D eigenvalue weighted by molar-refractivity contribution is 6.67. The van der Waals surface area contributed by atoms with Crippen LogP contribution >= 0.6 is 11.6 Å². The Balaban J connectivity index is 2.09. The summed E-state index contributed by atoms with van der Waals surface area (Å²) in [6.45, 7) is 5.58. The maximum Gasteiger partial charge on any atom is 0.415 e. The molecule has 1 fully saturated rings. The van der Waals surface area contributed by atoms with Crippen LogP contribution in [0.3, 0.4) is 0 Å². The van der Waals surface area contributed by atoms with Gasteiger partial charge in [-0.3, -0.25) is 9.69 Å². The Morgan fingerprint density at radius 1 is 1.17 bits per heavy atom. The van der Waals surface area contributed by atoms with Crippen LogP contribution in [-0.4, -0.2) is 16.9 Å². The fraction of sp³-hybridized carbons (Fsp3) is 0.263. The van der Waals surface area contributed by atoms with Crippen LogP contribution in [0.4, 0.5) is 10.5 Å². The Hall–Kier alpha value is -2.33. The Morgan fingerprint density at radius 3 is 2.42 bits per heavy atom. The van der Waals surface area contributed by atoms with Gasteiger partial charge in [0.05, 0.1) is 0 Å². The highest BCUT2D eigenvalue weighted by Gasteiger charge is 2.49. The minimum absolute atomic E-state index is 0.261. The fourth-order valence-corrected chi connectivity index (χ4v) is 3.42. The van der Waals surface area contributed by atoms with Gasteiger partial charge in [0.2, 0.25) is 0 Å². The molecule has 1 unspecified atom stereocenters. The topological polar surface area (TPSA) is 46.6 Å². The van der Waals surface area contributed by atoms with E-state index in [1.807, 2.05) is 44.2 Å². The molecule has 1 amide bonds. The van der Waals surface area contributed by atoms with Crippen LogP contribution in [0.2, 0.25) is 0 Å². The molecule has 0 aromatic heterocycles. The third-order valence-corrected chi connectivity index (χ3v) is 4.48. The molecule has 1 aliphatic rings. The van der Waals surface area contributed by atoms with Crippen molar-refractivity contribution in [3.05, 3.63) is 65.2 Å². The van der Waals surface area contributed by atoms with Crippen LogP contribution in [0.25, 0.3) is 0 Å². The molecule has 0 saturated carbocycles. The molecule has 1 atom stereocenters. The van der Waals surface area contributed by atoms with Crippen molar-refractivity contribution in [1.82, 2.24) is 0 Å². The van der Waals surface area contributed by atoms with Gasteiger partial charge in [0.1, 0.15) is 11.6 Å². The number of hydrogen-bond donors (Lipinski definition) is 0. The summed E-state index contributed by atoms with van der Waals surface area (Å²) in [6, 6.07) is 14.7. The first-order valence-corrected chi connectivity index (χ1v) is 8.06. The number of nitrogens with zero attached hydrogens (tertiary/aromatic N) is 1. The predicted molar refractivity (Wildman–Crippen MR) is 93.6 cm³/mol. The number of benzene rings is 2. The van der Waals surface area contributed by atoms with E-state index >= 15 is 0 Å². The maximum atomic E-state index is 12.5. The molecule has 124 valence electrons. The first-order valence-electron chi connectivity index (χ1n) is 7.69. The molecular formula is C19H18ClNO3. The molecule has 24 heavy (non-hydrogen) atoms. The van der Waals surface area contributed by atoms with Gasteiger partial charge in [-0.1, -0.05) is 30.3 Å². The molecule has 1 saturated heterocycles. The van der Waals surface area contributed by atoms with Gasteiger partial charge in [0, 0.05) is 11.3 Å². The van der Waals surface area contributed by atoms with E-state index in [9.17, 15) is 9.59 Å². The van der Waals surface area contributed by atoms with E-state index in [1.54, 1.807) is 30.0 Å². The van der Waals surface area contributed by atoms with Crippen molar-refractivity contribution in [2.24, 2.45) is 0 Å². The minimum Gasteiger partial charge on any atom is -0.441 e. The number of aryl methyl sites for hydroxylation is 1. The molecule has 1 aliphatic heterocycles. The number of carbonyl (C=O) groups excluding carboxylic acids is 2. The Bertz CT molecular complexity index is 802. The van der Waals surface area contributed by atoms with Gasteiger partial charge in [-0.15, -0.1) is 0 Å². The minimum atomic E-state index is -0.673. The van der Waals surface area contributed by atoms with Crippen LogP contribution in [0.5, 0.6) is 0 Å². The standard InChI is InChI=1S/C19H18ClNO3/c1-12-11-14(9-10-15(12)17(20)22)21-16(13-7-5-4-6-8-13)19(2,3)24-18(21)23/h4-11,16H,1-3H3. The zero-order valence-corrected chi connectivity index (χ0v) is 14.5. The third kappa shape index (κ3) is 2.78. The van der Waals surface area contributed by atoms with Crippen molar-refractivity contribution >= 4 is 28.6 Å². The van der Waals surface area contributed by atoms with E-state index in [4.69, 9.17) is 16.3 Å². The summed E-state index contributed by atoms with van der Waals surface area (Å²) < 4.78 is 5.59. The van der Waals surface area contributed by atoms with E-state index in [0.717, 1.165) is 11.1 Å². The normalized spacial score (nSPS) is 19.2. The Morgan fingerprint density at radius 2 is 1.83 bits per heavy atom. The lowest BCUT2D eigenvalue weighted by Gasteiger charge is -2.29. The van der Waals surface area contributed by atoms with E-state index in [1.165, 1.54) is 0 Å². The summed E-state index contributed by atoms with van der Waals surface area (Å²) in [5.74, 6) is 0. The molecule has 0 radical (unpaired) electrons. The molecule has 0 aliphatic carbocycles. The van der Waals surface area contributed by atoms with Crippen molar-refractivity contribution < 1.29 is 14.3 Å². The second kappa shape index (κ2) is 5.95. The molecule has 0 spiro atoms. The SMILES string of the molecule is Cc1cc(N2C(=O)OC(C)(C)C2c2ccccc2)ccc1C(=O)Cl. The van der Waals surface area contributed by atoms with E-state index < -0.39 is 16.9 Å². The lowest BCUT2D eigenvalue weighted by Crippen LogP contribution is -2.33. The Kier molecular flexibility index (Phi) is 4.10. The van der Waals surface area contributed by atoms with Gasteiger partial charge in [-0.2, -0.15) is 0 Å². The number of ether oxygens (including phenoxy) is 1. The van der Waals surface area contributed by atoms with Gasteiger partial charge in [0.25, 0.3) is 5.24 Å². The second-order valence-corrected chi connectivity index (χ2v) is 6.77. The average molecular weight is 344 g/mol. The van der Waals surface area contributed by atoms with Crippen LogP contribution in [-0.2, 0) is 4.74 Å². The van der Waals surface area contributed by atoms with Crippen molar-refractivity contribution in [2.45, 2.75) is 32.4 Å². The van der Waals surface area contributed by atoms with Gasteiger partial charge in [-0.05, 0) is 61.7 Å². The Labute approximate surface area is 146 Å². The molecule has 2 aromatic carbocycles. The molecule has 3 rings (SSSR count). The van der Waals surface area contributed by atoms with Gasteiger partial charge in [0.15, 0.2) is 0 Å². The number of hydrogen-bond acceptors (Lipinski definition) is 3. The molecule has 4 nitrogen and oxygen atoms in total. The van der Waals surface area contributed by atoms with Crippen molar-refractivity contribution in [2.75, 3.05) is 4.90 Å². The fourth-order valence-electron chi connectivity index (χ4n) is 3.20. The zero-order valence-electron chi connectivity index (χ0n) is 13.7. The van der Waals surface area contributed by atoms with Gasteiger partial charge >= 0.3 is 6.09 Å². The zero-order chi connectivity index (χ0) is 17.5. The summed E-state index contributed by atoms with van der Waals surface area (Å²) in [6.07, 6.45) is -0.404. The summed E-state index contributed by atoms with van der Waals surface area (Å²) in [7, 11) is 0.